The van der Waals surface area contributed by atoms with Gasteiger partial charge in [0.05, 0.1) is 22.7 Å². The number of hydrogen-bond acceptors (Lipinski definition) is 3. The quantitative estimate of drug-likeness (QED) is 0.541. The van der Waals surface area contributed by atoms with Crippen molar-refractivity contribution in [1.82, 2.24) is 4.90 Å². The zero-order valence-electron chi connectivity index (χ0n) is 12.9. The number of rotatable bonds is 3. The van der Waals surface area contributed by atoms with Crippen molar-refractivity contribution in [2.24, 2.45) is 5.92 Å². The number of likely N-dealkylation sites (tertiary alicyclic amines) is 1. The van der Waals surface area contributed by atoms with Crippen molar-refractivity contribution in [3.8, 4) is 0 Å². The molecule has 1 saturated carbocycles. The van der Waals surface area contributed by atoms with E-state index in [4.69, 9.17) is 9.47 Å². The standard InChI is InChI=1S/C15H26INO3/c1-10(11-6-5-7-11)19-13-9-17(8-12(13)16)14(18)20-15(2,3)4/h10-13H,5-9H2,1-4H3. The minimum atomic E-state index is -0.435. The van der Waals surface area contributed by atoms with Crippen LogP contribution in [-0.4, -0.2) is 45.8 Å². The van der Waals surface area contributed by atoms with E-state index in [1.807, 2.05) is 20.8 Å². The minimum Gasteiger partial charge on any atom is -0.444 e. The van der Waals surface area contributed by atoms with Crippen molar-refractivity contribution < 1.29 is 14.3 Å². The molecule has 2 aliphatic rings. The van der Waals surface area contributed by atoms with E-state index in [-0.39, 0.29) is 12.2 Å². The van der Waals surface area contributed by atoms with Gasteiger partial charge in [-0.1, -0.05) is 29.0 Å². The summed E-state index contributed by atoms with van der Waals surface area (Å²) in [5.41, 5.74) is -0.435. The number of hydrogen-bond donors (Lipinski definition) is 0. The first-order valence-corrected chi connectivity index (χ1v) is 8.78. The topological polar surface area (TPSA) is 38.8 Å². The minimum absolute atomic E-state index is 0.138. The maximum absolute atomic E-state index is 12.1. The summed E-state index contributed by atoms with van der Waals surface area (Å²) >= 11 is 2.39. The van der Waals surface area contributed by atoms with Crippen molar-refractivity contribution in [3.63, 3.8) is 0 Å². The Morgan fingerprint density at radius 3 is 2.45 bits per heavy atom. The zero-order chi connectivity index (χ0) is 14.9. The molecule has 0 aromatic carbocycles. The lowest BCUT2D eigenvalue weighted by atomic mass is 9.81. The summed E-state index contributed by atoms with van der Waals surface area (Å²) < 4.78 is 12.0. The second kappa shape index (κ2) is 6.38. The molecule has 5 heteroatoms. The molecular formula is C15H26INO3. The molecule has 4 nitrogen and oxygen atoms in total. The van der Waals surface area contributed by atoms with E-state index in [2.05, 4.69) is 29.5 Å². The SMILES string of the molecule is CC(OC1CN(C(=O)OC(C)(C)C)CC1I)C1CCC1. The molecule has 0 spiro atoms. The molecule has 116 valence electrons. The fraction of sp³-hybridized carbons (Fsp3) is 0.933. The van der Waals surface area contributed by atoms with Crippen LogP contribution in [-0.2, 0) is 9.47 Å². The van der Waals surface area contributed by atoms with Crippen molar-refractivity contribution >= 4 is 28.7 Å². The molecule has 3 atom stereocenters. The van der Waals surface area contributed by atoms with Gasteiger partial charge in [0.25, 0.3) is 0 Å². The fourth-order valence-electron chi connectivity index (χ4n) is 2.63. The molecule has 1 aliphatic carbocycles. The van der Waals surface area contributed by atoms with Gasteiger partial charge in [0.1, 0.15) is 5.60 Å². The molecule has 1 saturated heterocycles. The number of carbonyl (C=O) groups excluding carboxylic acids is 1. The van der Waals surface area contributed by atoms with E-state index in [1.165, 1.54) is 19.3 Å². The Morgan fingerprint density at radius 2 is 1.95 bits per heavy atom. The van der Waals surface area contributed by atoms with Crippen LogP contribution in [0, 0.1) is 5.92 Å². The van der Waals surface area contributed by atoms with Gasteiger partial charge in [0, 0.05) is 6.54 Å². The fourth-order valence-corrected chi connectivity index (χ4v) is 3.51. The Bertz CT molecular complexity index is 352. The lowest BCUT2D eigenvalue weighted by Gasteiger charge is -2.33. The van der Waals surface area contributed by atoms with Gasteiger partial charge in [-0.05, 0) is 46.5 Å². The van der Waals surface area contributed by atoms with Gasteiger partial charge in [-0.25, -0.2) is 4.79 Å². The number of amides is 1. The predicted molar refractivity (Wildman–Crippen MR) is 87.3 cm³/mol. The summed E-state index contributed by atoms with van der Waals surface area (Å²) in [6.07, 6.45) is 4.14. The highest BCUT2D eigenvalue weighted by molar-refractivity contribution is 14.1. The molecule has 3 unspecified atom stereocenters. The Hall–Kier alpha value is -0.0400. The number of halogens is 1. The van der Waals surface area contributed by atoms with Gasteiger partial charge in [-0.3, -0.25) is 0 Å². The normalized spacial score (nSPS) is 29.1. The van der Waals surface area contributed by atoms with Crippen LogP contribution in [0.5, 0.6) is 0 Å². The average Bonchev–Trinajstić information content (AvgIpc) is 2.55. The second-order valence-electron chi connectivity index (χ2n) is 6.97. The molecule has 2 fully saturated rings. The van der Waals surface area contributed by atoms with Crippen molar-refractivity contribution in [3.05, 3.63) is 0 Å². The van der Waals surface area contributed by atoms with Crippen LogP contribution < -0.4 is 0 Å². The van der Waals surface area contributed by atoms with Gasteiger partial charge in [-0.2, -0.15) is 0 Å². The lowest BCUT2D eigenvalue weighted by Crippen LogP contribution is -2.37. The molecular weight excluding hydrogens is 369 g/mol. The monoisotopic (exact) mass is 395 g/mol. The molecule has 0 aromatic rings. The summed E-state index contributed by atoms with van der Waals surface area (Å²) in [6, 6.07) is 0. The summed E-state index contributed by atoms with van der Waals surface area (Å²) in [6.45, 7) is 9.24. The molecule has 0 bridgehead atoms. The number of carbonyl (C=O) groups is 1. The van der Waals surface area contributed by atoms with Crippen LogP contribution in [0.3, 0.4) is 0 Å². The van der Waals surface area contributed by atoms with Gasteiger partial charge in [0.2, 0.25) is 0 Å². The first-order valence-electron chi connectivity index (χ1n) is 7.54. The third-order valence-corrected chi connectivity index (χ3v) is 5.25. The number of alkyl halides is 1. The van der Waals surface area contributed by atoms with Gasteiger partial charge < -0.3 is 14.4 Å². The first-order chi connectivity index (χ1) is 9.26. The number of ether oxygens (including phenoxy) is 2. The van der Waals surface area contributed by atoms with Crippen LogP contribution in [0.1, 0.15) is 47.0 Å². The van der Waals surface area contributed by atoms with E-state index in [9.17, 15) is 4.79 Å². The highest BCUT2D eigenvalue weighted by Gasteiger charge is 2.38. The van der Waals surface area contributed by atoms with E-state index < -0.39 is 5.60 Å². The molecule has 0 N–H and O–H groups in total. The van der Waals surface area contributed by atoms with Crippen molar-refractivity contribution in [2.45, 2.75) is 68.7 Å². The lowest BCUT2D eigenvalue weighted by molar-refractivity contribution is -0.0442. The van der Waals surface area contributed by atoms with Crippen LogP contribution in [0.2, 0.25) is 0 Å². The second-order valence-corrected chi connectivity index (χ2v) is 8.57. The summed E-state index contributed by atoms with van der Waals surface area (Å²) in [7, 11) is 0. The highest BCUT2D eigenvalue weighted by atomic mass is 127. The van der Waals surface area contributed by atoms with Gasteiger partial charge in [0.15, 0.2) is 0 Å². The van der Waals surface area contributed by atoms with Crippen molar-refractivity contribution in [1.29, 1.82) is 0 Å². The van der Waals surface area contributed by atoms with E-state index in [0.29, 0.717) is 22.5 Å². The Labute approximate surface area is 135 Å². The molecule has 1 aliphatic heterocycles. The summed E-state index contributed by atoms with van der Waals surface area (Å²) in [5.74, 6) is 0.717. The molecule has 0 aromatic heterocycles. The predicted octanol–water partition coefficient (Wildman–Crippen LogP) is 3.61. The third-order valence-electron chi connectivity index (χ3n) is 4.05. The average molecular weight is 395 g/mol. The number of nitrogens with zero attached hydrogens (tertiary/aromatic N) is 1. The van der Waals surface area contributed by atoms with E-state index in [0.717, 1.165) is 6.54 Å². The van der Waals surface area contributed by atoms with E-state index >= 15 is 0 Å². The van der Waals surface area contributed by atoms with Gasteiger partial charge in [-0.15, -0.1) is 0 Å². The Kier molecular flexibility index (Phi) is 5.21. The third kappa shape index (κ3) is 4.23. The molecule has 2 rings (SSSR count). The molecule has 20 heavy (non-hydrogen) atoms. The maximum Gasteiger partial charge on any atom is 0.410 e. The van der Waals surface area contributed by atoms with Crippen LogP contribution >= 0.6 is 22.6 Å². The first kappa shape index (κ1) is 16.3. The highest BCUT2D eigenvalue weighted by Crippen LogP contribution is 2.33. The van der Waals surface area contributed by atoms with Crippen molar-refractivity contribution in [2.75, 3.05) is 13.1 Å². The van der Waals surface area contributed by atoms with Gasteiger partial charge >= 0.3 is 6.09 Å². The van der Waals surface area contributed by atoms with Crippen LogP contribution in [0.15, 0.2) is 0 Å². The smallest absolute Gasteiger partial charge is 0.410 e. The summed E-state index contributed by atoms with van der Waals surface area (Å²) in [5, 5.41) is 0. The Morgan fingerprint density at radius 1 is 1.30 bits per heavy atom. The zero-order valence-corrected chi connectivity index (χ0v) is 15.1. The summed E-state index contributed by atoms with van der Waals surface area (Å²) in [4.78, 5) is 13.9. The van der Waals surface area contributed by atoms with Crippen LogP contribution in [0.4, 0.5) is 4.79 Å². The van der Waals surface area contributed by atoms with Crippen LogP contribution in [0.25, 0.3) is 0 Å². The molecule has 1 heterocycles. The molecule has 1 amide bonds. The Balaban J connectivity index is 1.83. The van der Waals surface area contributed by atoms with E-state index in [1.54, 1.807) is 4.90 Å². The largest absolute Gasteiger partial charge is 0.444 e. The maximum atomic E-state index is 12.1. The molecule has 0 radical (unpaired) electrons.